The molecular weight excluding hydrogens is 273 g/mol. The number of nitrogens with zero attached hydrogens (tertiary/aromatic N) is 3. The van der Waals surface area contributed by atoms with Crippen LogP contribution in [-0.2, 0) is 0 Å². The minimum absolute atomic E-state index is 0.108. The highest BCUT2D eigenvalue weighted by Crippen LogP contribution is 2.17. The van der Waals surface area contributed by atoms with Gasteiger partial charge in [-0.3, -0.25) is 4.79 Å². The first-order chi connectivity index (χ1) is 10.0. The molecule has 0 unspecified atom stereocenters. The maximum Gasteiger partial charge on any atom is 0.259 e. The summed E-state index contributed by atoms with van der Waals surface area (Å²) >= 11 is 0. The number of rotatable bonds is 2. The highest BCUT2D eigenvalue weighted by molar-refractivity contribution is 6.07. The van der Waals surface area contributed by atoms with Gasteiger partial charge in [0.2, 0.25) is 0 Å². The van der Waals surface area contributed by atoms with Crippen molar-refractivity contribution in [2.45, 2.75) is 0 Å². The van der Waals surface area contributed by atoms with Gasteiger partial charge in [-0.2, -0.15) is 10.5 Å². The van der Waals surface area contributed by atoms with Crippen molar-refractivity contribution in [2.75, 3.05) is 11.1 Å². The predicted molar refractivity (Wildman–Crippen MR) is 72.4 cm³/mol. The molecule has 0 bridgehead atoms. The molecule has 0 aliphatic rings. The van der Waals surface area contributed by atoms with Gasteiger partial charge in [0.1, 0.15) is 23.8 Å². The lowest BCUT2D eigenvalue weighted by Gasteiger charge is -2.07. The van der Waals surface area contributed by atoms with Crippen molar-refractivity contribution >= 4 is 17.4 Å². The Hall–Kier alpha value is -3.45. The van der Waals surface area contributed by atoms with Crippen LogP contribution in [0.25, 0.3) is 0 Å². The van der Waals surface area contributed by atoms with E-state index in [0.717, 1.165) is 12.3 Å². The van der Waals surface area contributed by atoms with Crippen LogP contribution in [0.2, 0.25) is 0 Å². The van der Waals surface area contributed by atoms with Crippen LogP contribution in [0.15, 0.2) is 30.5 Å². The molecule has 2 rings (SSSR count). The van der Waals surface area contributed by atoms with Gasteiger partial charge in [0, 0.05) is 5.69 Å². The number of nitrogens with one attached hydrogen (secondary N) is 1. The molecule has 3 N–H and O–H groups in total. The molecule has 0 saturated heterocycles. The van der Waals surface area contributed by atoms with Crippen molar-refractivity contribution in [3.05, 3.63) is 53.0 Å². The predicted octanol–water partition coefficient (Wildman–Crippen LogP) is 1.80. The van der Waals surface area contributed by atoms with Crippen molar-refractivity contribution in [3.63, 3.8) is 0 Å². The molecule has 1 amide bonds. The van der Waals surface area contributed by atoms with Gasteiger partial charge in [0.25, 0.3) is 5.91 Å². The summed E-state index contributed by atoms with van der Waals surface area (Å²) in [6.45, 7) is 0. The number of aromatic nitrogens is 1. The molecule has 0 aliphatic heterocycles. The average molecular weight is 281 g/mol. The first-order valence-corrected chi connectivity index (χ1v) is 5.71. The molecule has 1 aromatic carbocycles. The van der Waals surface area contributed by atoms with Crippen LogP contribution in [0.1, 0.15) is 21.5 Å². The molecule has 0 saturated carbocycles. The third kappa shape index (κ3) is 2.94. The van der Waals surface area contributed by atoms with E-state index in [1.165, 1.54) is 18.2 Å². The minimum atomic E-state index is -0.688. The highest BCUT2D eigenvalue weighted by atomic mass is 19.1. The lowest BCUT2D eigenvalue weighted by Crippen LogP contribution is -2.15. The molecule has 0 spiro atoms. The van der Waals surface area contributed by atoms with Gasteiger partial charge in [-0.15, -0.1) is 0 Å². The second-order valence-electron chi connectivity index (χ2n) is 4.02. The Morgan fingerprint density at radius 1 is 1.24 bits per heavy atom. The van der Waals surface area contributed by atoms with Crippen LogP contribution < -0.4 is 11.1 Å². The lowest BCUT2D eigenvalue weighted by molar-refractivity contribution is 0.102. The van der Waals surface area contributed by atoms with E-state index in [1.54, 1.807) is 0 Å². The van der Waals surface area contributed by atoms with Crippen molar-refractivity contribution in [1.82, 2.24) is 4.98 Å². The Labute approximate surface area is 119 Å². The van der Waals surface area contributed by atoms with Crippen LogP contribution in [0, 0.1) is 28.5 Å². The molecule has 0 radical (unpaired) electrons. The van der Waals surface area contributed by atoms with Gasteiger partial charge in [-0.25, -0.2) is 9.37 Å². The Balaban J connectivity index is 2.30. The van der Waals surface area contributed by atoms with E-state index in [-0.39, 0.29) is 22.5 Å². The van der Waals surface area contributed by atoms with E-state index in [9.17, 15) is 9.18 Å². The number of pyridine rings is 1. The number of anilines is 2. The van der Waals surface area contributed by atoms with Crippen LogP contribution in [0.5, 0.6) is 0 Å². The lowest BCUT2D eigenvalue weighted by atomic mass is 10.1. The minimum Gasteiger partial charge on any atom is -0.383 e. The van der Waals surface area contributed by atoms with Gasteiger partial charge in [-0.05, 0) is 24.3 Å². The highest BCUT2D eigenvalue weighted by Gasteiger charge is 2.13. The van der Waals surface area contributed by atoms with E-state index < -0.39 is 11.7 Å². The fourth-order valence-electron chi connectivity index (χ4n) is 1.64. The molecule has 21 heavy (non-hydrogen) atoms. The van der Waals surface area contributed by atoms with Gasteiger partial charge < -0.3 is 11.1 Å². The largest absolute Gasteiger partial charge is 0.383 e. The van der Waals surface area contributed by atoms with Crippen molar-refractivity contribution in [2.24, 2.45) is 0 Å². The number of nitriles is 2. The zero-order chi connectivity index (χ0) is 15.4. The third-order valence-electron chi connectivity index (χ3n) is 2.65. The van der Waals surface area contributed by atoms with E-state index in [4.69, 9.17) is 16.3 Å². The Morgan fingerprint density at radius 3 is 2.62 bits per heavy atom. The number of hydrogen-bond donors (Lipinski definition) is 2. The standard InChI is InChI=1S/C14H8FN5O/c15-10-4-12(13(18)19-7-10)14(21)20-11-2-1-8(5-16)9(3-11)6-17/h1-4,7H,(H2,18,19)(H,20,21). The van der Waals surface area contributed by atoms with Crippen LogP contribution in [-0.4, -0.2) is 10.9 Å². The first-order valence-electron chi connectivity index (χ1n) is 5.71. The zero-order valence-electron chi connectivity index (χ0n) is 10.6. The quantitative estimate of drug-likeness (QED) is 0.870. The maximum absolute atomic E-state index is 13.1. The number of carbonyl (C=O) groups excluding carboxylic acids is 1. The first kappa shape index (κ1) is 14.0. The van der Waals surface area contributed by atoms with Gasteiger partial charge in [0.15, 0.2) is 0 Å². The summed E-state index contributed by atoms with van der Waals surface area (Å²) in [5, 5.41) is 20.2. The number of carbonyl (C=O) groups is 1. The fourth-order valence-corrected chi connectivity index (χ4v) is 1.64. The van der Waals surface area contributed by atoms with E-state index in [2.05, 4.69) is 10.3 Å². The second kappa shape index (κ2) is 5.68. The molecule has 102 valence electrons. The molecule has 1 heterocycles. The molecule has 2 aromatic rings. The number of amides is 1. The Bertz CT molecular complexity index is 804. The van der Waals surface area contributed by atoms with Gasteiger partial charge >= 0.3 is 0 Å². The normalized spacial score (nSPS) is 9.48. The molecular formula is C14H8FN5O. The Morgan fingerprint density at radius 2 is 1.95 bits per heavy atom. The summed E-state index contributed by atoms with van der Waals surface area (Å²) in [7, 11) is 0. The van der Waals surface area contributed by atoms with E-state index in [1.807, 2.05) is 12.1 Å². The van der Waals surface area contributed by atoms with Crippen LogP contribution in [0.3, 0.4) is 0 Å². The number of halogens is 1. The number of hydrogen-bond acceptors (Lipinski definition) is 5. The summed E-state index contributed by atoms with van der Waals surface area (Å²) < 4.78 is 13.1. The Kier molecular flexibility index (Phi) is 3.78. The fraction of sp³-hybridized carbons (Fsp3) is 0. The number of nitrogens with two attached hydrogens (primary N) is 1. The van der Waals surface area contributed by atoms with E-state index >= 15 is 0 Å². The van der Waals surface area contributed by atoms with Crippen LogP contribution >= 0.6 is 0 Å². The molecule has 0 atom stereocenters. The van der Waals surface area contributed by atoms with Gasteiger partial charge in [0.05, 0.1) is 22.9 Å². The average Bonchev–Trinajstić information content (AvgIpc) is 2.49. The number of benzene rings is 1. The smallest absolute Gasteiger partial charge is 0.259 e. The summed E-state index contributed by atoms with van der Waals surface area (Å²) in [4.78, 5) is 15.5. The number of nitrogen functional groups attached to an aromatic ring is 1. The summed E-state index contributed by atoms with van der Waals surface area (Å²) in [5.74, 6) is -1.46. The summed E-state index contributed by atoms with van der Waals surface area (Å²) in [5.41, 5.74) is 6.01. The van der Waals surface area contributed by atoms with E-state index in [0.29, 0.717) is 5.69 Å². The maximum atomic E-state index is 13.1. The van der Waals surface area contributed by atoms with Gasteiger partial charge in [-0.1, -0.05) is 0 Å². The van der Waals surface area contributed by atoms with Crippen molar-refractivity contribution in [1.29, 1.82) is 10.5 Å². The molecule has 7 heteroatoms. The van der Waals surface area contributed by atoms with Crippen LogP contribution in [0.4, 0.5) is 15.9 Å². The summed E-state index contributed by atoms with van der Waals surface area (Å²) in [6.07, 6.45) is 0.904. The molecule has 0 fully saturated rings. The van der Waals surface area contributed by atoms with Crippen molar-refractivity contribution in [3.8, 4) is 12.1 Å². The van der Waals surface area contributed by atoms with Crippen molar-refractivity contribution < 1.29 is 9.18 Å². The molecule has 0 aliphatic carbocycles. The second-order valence-corrected chi connectivity index (χ2v) is 4.02. The zero-order valence-corrected chi connectivity index (χ0v) is 10.6. The SMILES string of the molecule is N#Cc1ccc(NC(=O)c2cc(F)cnc2N)cc1C#N. The monoisotopic (exact) mass is 281 g/mol. The topological polar surface area (TPSA) is 116 Å². The molecule has 1 aromatic heterocycles. The summed E-state index contributed by atoms with van der Waals surface area (Å²) in [6, 6.07) is 8.88. The molecule has 6 nitrogen and oxygen atoms in total. The third-order valence-corrected chi connectivity index (χ3v) is 2.65.